The van der Waals surface area contributed by atoms with Crippen LogP contribution < -0.4 is 4.90 Å². The topological polar surface area (TPSA) is 75.2 Å². The number of aliphatic hydroxyl groups is 1. The van der Waals surface area contributed by atoms with Crippen LogP contribution in [0.25, 0.3) is 5.76 Å². The molecule has 2 aromatic rings. The van der Waals surface area contributed by atoms with Crippen LogP contribution in [0, 0.1) is 13.8 Å². The summed E-state index contributed by atoms with van der Waals surface area (Å²) in [4.78, 5) is 28.4. The Morgan fingerprint density at radius 2 is 1.79 bits per heavy atom. The number of hydrogen-bond donors (Lipinski definition) is 2. The number of amides is 1. The molecule has 2 heterocycles. The SMILES string of the molecule is Cc1ccc(C(O)=C2C(=O)C(=O)N(CCC[NH+](C)C)[C@@H]2c2ccc(C)o2)cc1. The molecule has 1 aromatic heterocycles. The third kappa shape index (κ3) is 3.87. The number of rotatable bonds is 6. The molecule has 6 nitrogen and oxygen atoms in total. The highest BCUT2D eigenvalue weighted by atomic mass is 16.3. The Morgan fingerprint density at radius 1 is 1.11 bits per heavy atom. The zero-order valence-electron chi connectivity index (χ0n) is 16.8. The van der Waals surface area contributed by atoms with E-state index in [0.29, 0.717) is 23.6 Å². The van der Waals surface area contributed by atoms with Crippen LogP contribution in [0.3, 0.4) is 0 Å². The quantitative estimate of drug-likeness (QED) is 0.454. The van der Waals surface area contributed by atoms with Gasteiger partial charge in [-0.25, -0.2) is 0 Å². The molecule has 0 saturated carbocycles. The number of nitrogens with one attached hydrogen (secondary N) is 1. The average Bonchev–Trinajstić information content (AvgIpc) is 3.18. The Bertz CT molecular complexity index is 909. The number of benzene rings is 1. The van der Waals surface area contributed by atoms with Gasteiger partial charge >= 0.3 is 0 Å². The third-order valence-corrected chi connectivity index (χ3v) is 4.97. The van der Waals surface area contributed by atoms with Crippen molar-refractivity contribution in [2.75, 3.05) is 27.2 Å². The fourth-order valence-corrected chi connectivity index (χ4v) is 3.48. The second-order valence-electron chi connectivity index (χ2n) is 7.62. The molecule has 1 amide bonds. The summed E-state index contributed by atoms with van der Waals surface area (Å²) < 4.78 is 5.76. The van der Waals surface area contributed by atoms with E-state index in [-0.39, 0.29) is 11.3 Å². The molecule has 2 N–H and O–H groups in total. The molecule has 0 radical (unpaired) electrons. The van der Waals surface area contributed by atoms with Gasteiger partial charge in [-0.05, 0) is 26.0 Å². The van der Waals surface area contributed by atoms with Gasteiger partial charge in [-0.1, -0.05) is 29.8 Å². The van der Waals surface area contributed by atoms with Crippen LogP contribution in [0.5, 0.6) is 0 Å². The highest BCUT2D eigenvalue weighted by molar-refractivity contribution is 6.46. The lowest BCUT2D eigenvalue weighted by Crippen LogP contribution is -3.05. The van der Waals surface area contributed by atoms with E-state index in [1.165, 1.54) is 9.80 Å². The summed E-state index contributed by atoms with van der Waals surface area (Å²) >= 11 is 0. The van der Waals surface area contributed by atoms with E-state index >= 15 is 0 Å². The van der Waals surface area contributed by atoms with Crippen molar-refractivity contribution >= 4 is 17.4 Å². The highest BCUT2D eigenvalue weighted by Crippen LogP contribution is 2.39. The molecule has 1 aromatic carbocycles. The number of likely N-dealkylation sites (tertiary alicyclic amines) is 1. The summed E-state index contributed by atoms with van der Waals surface area (Å²) in [5.74, 6) is -0.259. The first-order chi connectivity index (χ1) is 13.3. The number of ketones is 1. The lowest BCUT2D eigenvalue weighted by atomic mass is 9.99. The fraction of sp³-hybridized carbons (Fsp3) is 0.364. The van der Waals surface area contributed by atoms with Crippen molar-refractivity contribution in [1.29, 1.82) is 0 Å². The van der Waals surface area contributed by atoms with E-state index < -0.39 is 17.7 Å². The number of nitrogens with zero attached hydrogens (tertiary/aromatic N) is 1. The minimum Gasteiger partial charge on any atom is -0.507 e. The van der Waals surface area contributed by atoms with Gasteiger partial charge in [0.1, 0.15) is 23.3 Å². The first kappa shape index (κ1) is 19.9. The summed E-state index contributed by atoms with van der Waals surface area (Å²) in [6.07, 6.45) is 0.746. The van der Waals surface area contributed by atoms with Crippen LogP contribution in [0.2, 0.25) is 0 Å². The van der Waals surface area contributed by atoms with E-state index in [2.05, 4.69) is 0 Å². The van der Waals surface area contributed by atoms with Crippen molar-refractivity contribution in [2.24, 2.45) is 0 Å². The van der Waals surface area contributed by atoms with Gasteiger partial charge in [0.25, 0.3) is 11.7 Å². The van der Waals surface area contributed by atoms with Crippen molar-refractivity contribution in [3.63, 3.8) is 0 Å². The van der Waals surface area contributed by atoms with Crippen LogP contribution >= 0.6 is 0 Å². The molecule has 148 valence electrons. The molecule has 1 saturated heterocycles. The zero-order valence-corrected chi connectivity index (χ0v) is 16.8. The van der Waals surface area contributed by atoms with Gasteiger partial charge in [-0.15, -0.1) is 0 Å². The van der Waals surface area contributed by atoms with Gasteiger partial charge < -0.3 is 19.3 Å². The minimum atomic E-state index is -0.716. The molecular formula is C22H27N2O4+. The molecule has 0 spiro atoms. The Hall–Kier alpha value is -2.86. The number of quaternary nitrogens is 1. The summed E-state index contributed by atoms with van der Waals surface area (Å²) in [5, 5.41) is 10.9. The summed E-state index contributed by atoms with van der Waals surface area (Å²) in [7, 11) is 4.08. The van der Waals surface area contributed by atoms with Crippen LogP contribution in [-0.2, 0) is 9.59 Å². The third-order valence-electron chi connectivity index (χ3n) is 4.97. The van der Waals surface area contributed by atoms with Crippen molar-refractivity contribution in [2.45, 2.75) is 26.3 Å². The Labute approximate surface area is 165 Å². The van der Waals surface area contributed by atoms with Gasteiger partial charge in [0, 0.05) is 18.5 Å². The first-order valence-electron chi connectivity index (χ1n) is 9.50. The van der Waals surface area contributed by atoms with E-state index in [1.807, 2.05) is 40.1 Å². The van der Waals surface area contributed by atoms with Gasteiger partial charge in [0.2, 0.25) is 0 Å². The lowest BCUT2D eigenvalue weighted by Gasteiger charge is -2.23. The number of Topliss-reactive ketones (excluding diaryl/α,β-unsaturated/α-hetero) is 1. The van der Waals surface area contributed by atoms with Gasteiger partial charge in [0.05, 0.1) is 26.2 Å². The van der Waals surface area contributed by atoms with Crippen molar-refractivity contribution in [3.05, 3.63) is 64.6 Å². The summed E-state index contributed by atoms with van der Waals surface area (Å²) in [6.45, 7) is 5.04. The van der Waals surface area contributed by atoms with Crippen molar-refractivity contribution in [3.8, 4) is 0 Å². The second-order valence-corrected chi connectivity index (χ2v) is 7.62. The molecule has 28 heavy (non-hydrogen) atoms. The predicted molar refractivity (Wildman–Crippen MR) is 106 cm³/mol. The Balaban J connectivity index is 2.05. The molecule has 1 fully saturated rings. The highest BCUT2D eigenvalue weighted by Gasteiger charge is 2.47. The largest absolute Gasteiger partial charge is 0.507 e. The van der Waals surface area contributed by atoms with E-state index in [9.17, 15) is 14.7 Å². The molecule has 0 unspecified atom stereocenters. The maximum atomic E-state index is 12.8. The molecule has 1 aliphatic rings. The summed E-state index contributed by atoms with van der Waals surface area (Å²) in [5.41, 5.74) is 1.64. The lowest BCUT2D eigenvalue weighted by molar-refractivity contribution is -0.858. The molecule has 6 heteroatoms. The van der Waals surface area contributed by atoms with Gasteiger partial charge in [-0.2, -0.15) is 0 Å². The number of furan rings is 1. The van der Waals surface area contributed by atoms with Crippen molar-refractivity contribution < 1.29 is 24.0 Å². The Morgan fingerprint density at radius 3 is 2.36 bits per heavy atom. The maximum absolute atomic E-state index is 12.8. The number of hydrogen-bond acceptors (Lipinski definition) is 4. The monoisotopic (exact) mass is 383 g/mol. The minimum absolute atomic E-state index is 0.0837. The normalized spacial score (nSPS) is 19.0. The van der Waals surface area contributed by atoms with E-state index in [0.717, 1.165) is 18.5 Å². The number of carbonyl (C=O) groups excluding carboxylic acids is 2. The van der Waals surface area contributed by atoms with Gasteiger partial charge in [-0.3, -0.25) is 9.59 Å². The van der Waals surface area contributed by atoms with E-state index in [1.54, 1.807) is 24.3 Å². The number of aryl methyl sites for hydroxylation is 2. The molecule has 3 rings (SSSR count). The number of carbonyl (C=O) groups is 2. The van der Waals surface area contributed by atoms with E-state index in [4.69, 9.17) is 4.42 Å². The van der Waals surface area contributed by atoms with Crippen LogP contribution in [0.15, 0.2) is 46.4 Å². The molecule has 0 bridgehead atoms. The first-order valence-corrected chi connectivity index (χ1v) is 9.50. The average molecular weight is 383 g/mol. The Kier molecular flexibility index (Phi) is 5.70. The molecular weight excluding hydrogens is 356 g/mol. The van der Waals surface area contributed by atoms with Crippen LogP contribution in [0.4, 0.5) is 0 Å². The number of aliphatic hydroxyl groups excluding tert-OH is 1. The smallest absolute Gasteiger partial charge is 0.295 e. The second kappa shape index (κ2) is 8.02. The maximum Gasteiger partial charge on any atom is 0.295 e. The molecule has 0 aliphatic carbocycles. The van der Waals surface area contributed by atoms with Crippen LogP contribution in [0.1, 0.15) is 35.1 Å². The molecule has 1 atom stereocenters. The summed E-state index contributed by atoms with van der Waals surface area (Å²) in [6, 6.07) is 10.1. The van der Waals surface area contributed by atoms with Gasteiger partial charge in [0.15, 0.2) is 0 Å². The van der Waals surface area contributed by atoms with Crippen LogP contribution in [-0.4, -0.2) is 48.9 Å². The fourth-order valence-electron chi connectivity index (χ4n) is 3.48. The predicted octanol–water partition coefficient (Wildman–Crippen LogP) is 1.85. The zero-order chi connectivity index (χ0) is 20.4. The van der Waals surface area contributed by atoms with Crippen molar-refractivity contribution in [1.82, 2.24) is 4.90 Å². The molecule has 1 aliphatic heterocycles. The standard InChI is InChI=1S/C22H26N2O4/c1-14-6-9-16(10-7-14)20(25)18-19(17-11-8-15(2)28-17)24(22(27)21(18)26)13-5-12-23(3)4/h6-11,19,25H,5,12-13H2,1-4H3/p+1/t19-/m1/s1.